The minimum Gasteiger partial charge on any atom is -0.381 e. The fourth-order valence-corrected chi connectivity index (χ4v) is 2.47. The minimum absolute atomic E-state index is 0.773. The number of benzene rings is 1. The largest absolute Gasteiger partial charge is 0.381 e. The summed E-state index contributed by atoms with van der Waals surface area (Å²) in [6, 6.07) is 12.3. The van der Waals surface area contributed by atoms with Gasteiger partial charge in [0.1, 0.15) is 5.01 Å². The van der Waals surface area contributed by atoms with Crippen molar-refractivity contribution in [1.82, 2.24) is 9.97 Å². The van der Waals surface area contributed by atoms with E-state index in [2.05, 4.69) is 39.6 Å². The summed E-state index contributed by atoms with van der Waals surface area (Å²) in [6.07, 6.45) is 5.49. The summed E-state index contributed by atoms with van der Waals surface area (Å²) >= 11 is 1.65. The Morgan fingerprint density at radius 1 is 1.11 bits per heavy atom. The highest BCUT2D eigenvalue weighted by molar-refractivity contribution is 7.13. The second kappa shape index (κ2) is 5.63. The van der Waals surface area contributed by atoms with Crippen molar-refractivity contribution in [3.8, 4) is 10.6 Å². The molecule has 0 aliphatic carbocycles. The molecular formula is C15H13N3S. The number of thiazole rings is 1. The van der Waals surface area contributed by atoms with E-state index in [-0.39, 0.29) is 0 Å². The van der Waals surface area contributed by atoms with Crippen LogP contribution in [0.3, 0.4) is 0 Å². The first-order chi connectivity index (χ1) is 9.42. The molecule has 2 aromatic heterocycles. The molecule has 0 fully saturated rings. The van der Waals surface area contributed by atoms with Crippen molar-refractivity contribution in [2.45, 2.75) is 6.54 Å². The van der Waals surface area contributed by atoms with Gasteiger partial charge >= 0.3 is 0 Å². The van der Waals surface area contributed by atoms with Crippen molar-refractivity contribution in [3.63, 3.8) is 0 Å². The van der Waals surface area contributed by atoms with Gasteiger partial charge in [-0.3, -0.25) is 4.98 Å². The van der Waals surface area contributed by atoms with E-state index in [9.17, 15) is 0 Å². The van der Waals surface area contributed by atoms with Gasteiger partial charge in [-0.05, 0) is 23.8 Å². The quantitative estimate of drug-likeness (QED) is 0.781. The van der Waals surface area contributed by atoms with Crippen molar-refractivity contribution in [2.75, 3.05) is 5.32 Å². The summed E-state index contributed by atoms with van der Waals surface area (Å²) in [5.74, 6) is 0. The van der Waals surface area contributed by atoms with E-state index in [1.54, 1.807) is 17.5 Å². The number of hydrogen-bond donors (Lipinski definition) is 1. The number of rotatable bonds is 4. The monoisotopic (exact) mass is 267 g/mol. The summed E-state index contributed by atoms with van der Waals surface area (Å²) in [4.78, 5) is 8.43. The van der Waals surface area contributed by atoms with E-state index in [0.29, 0.717) is 0 Å². The zero-order chi connectivity index (χ0) is 12.9. The number of pyridine rings is 1. The lowest BCUT2D eigenvalue weighted by atomic mass is 10.2. The third-order valence-corrected chi connectivity index (χ3v) is 3.58. The molecule has 94 valence electrons. The SMILES string of the molecule is c1cncc(CNc2cccc(-c3nccs3)c2)c1. The molecule has 0 saturated heterocycles. The van der Waals surface area contributed by atoms with Crippen LogP contribution in [0.4, 0.5) is 5.69 Å². The first kappa shape index (κ1) is 11.9. The molecule has 0 saturated carbocycles. The van der Waals surface area contributed by atoms with Gasteiger partial charge in [-0.1, -0.05) is 18.2 Å². The molecule has 1 aromatic carbocycles. The average Bonchev–Trinajstić information content (AvgIpc) is 3.01. The second-order valence-corrected chi connectivity index (χ2v) is 5.03. The Morgan fingerprint density at radius 2 is 2.11 bits per heavy atom. The second-order valence-electron chi connectivity index (χ2n) is 4.13. The molecule has 0 aliphatic heterocycles. The van der Waals surface area contributed by atoms with Crippen LogP contribution in [-0.2, 0) is 6.54 Å². The normalized spacial score (nSPS) is 10.3. The maximum absolute atomic E-state index is 4.33. The lowest BCUT2D eigenvalue weighted by Gasteiger charge is -2.07. The maximum Gasteiger partial charge on any atom is 0.123 e. The molecule has 0 radical (unpaired) electrons. The van der Waals surface area contributed by atoms with Crippen molar-refractivity contribution in [2.24, 2.45) is 0 Å². The fourth-order valence-electron chi connectivity index (χ4n) is 1.84. The van der Waals surface area contributed by atoms with Crippen molar-refractivity contribution in [1.29, 1.82) is 0 Å². The maximum atomic E-state index is 4.33. The molecule has 3 rings (SSSR count). The number of nitrogens with one attached hydrogen (secondary N) is 1. The highest BCUT2D eigenvalue weighted by atomic mass is 32.1. The molecule has 0 spiro atoms. The highest BCUT2D eigenvalue weighted by Gasteiger charge is 2.01. The Morgan fingerprint density at radius 3 is 2.89 bits per heavy atom. The molecule has 0 bridgehead atoms. The summed E-state index contributed by atoms with van der Waals surface area (Å²) in [6.45, 7) is 0.773. The van der Waals surface area contributed by atoms with E-state index in [4.69, 9.17) is 0 Å². The zero-order valence-electron chi connectivity index (χ0n) is 10.3. The first-order valence-corrected chi connectivity index (χ1v) is 6.92. The summed E-state index contributed by atoms with van der Waals surface area (Å²) in [5.41, 5.74) is 3.41. The first-order valence-electron chi connectivity index (χ1n) is 6.04. The van der Waals surface area contributed by atoms with Gasteiger partial charge in [0.2, 0.25) is 0 Å². The van der Waals surface area contributed by atoms with Crippen molar-refractivity contribution in [3.05, 3.63) is 65.9 Å². The van der Waals surface area contributed by atoms with Crippen LogP contribution >= 0.6 is 11.3 Å². The number of nitrogens with zero attached hydrogens (tertiary/aromatic N) is 2. The molecule has 19 heavy (non-hydrogen) atoms. The van der Waals surface area contributed by atoms with Gasteiger partial charge in [-0.25, -0.2) is 4.98 Å². The van der Waals surface area contributed by atoms with E-state index >= 15 is 0 Å². The van der Waals surface area contributed by atoms with Crippen LogP contribution < -0.4 is 5.32 Å². The van der Waals surface area contributed by atoms with Gasteiger partial charge in [0.15, 0.2) is 0 Å². The molecule has 1 N–H and O–H groups in total. The molecular weight excluding hydrogens is 254 g/mol. The van der Waals surface area contributed by atoms with Gasteiger partial charge in [0.05, 0.1) is 0 Å². The number of hydrogen-bond acceptors (Lipinski definition) is 4. The standard InChI is InChI=1S/C15H13N3S/c1-4-13(15-17-7-8-19-15)9-14(5-1)18-11-12-3-2-6-16-10-12/h1-10,18H,11H2. The third-order valence-electron chi connectivity index (χ3n) is 2.76. The predicted molar refractivity (Wildman–Crippen MR) is 79.1 cm³/mol. The molecule has 0 unspecified atom stereocenters. The van der Waals surface area contributed by atoms with Crippen LogP contribution in [-0.4, -0.2) is 9.97 Å². The van der Waals surface area contributed by atoms with E-state index in [1.165, 1.54) is 5.56 Å². The van der Waals surface area contributed by atoms with Crippen LogP contribution in [0.25, 0.3) is 10.6 Å². The Kier molecular flexibility index (Phi) is 3.51. The molecule has 3 aromatic rings. The molecule has 2 heterocycles. The summed E-state index contributed by atoms with van der Waals surface area (Å²) < 4.78 is 0. The van der Waals surface area contributed by atoms with Crippen LogP contribution in [0.15, 0.2) is 60.4 Å². The topological polar surface area (TPSA) is 37.8 Å². The summed E-state index contributed by atoms with van der Waals surface area (Å²) in [5, 5.41) is 6.44. The lowest BCUT2D eigenvalue weighted by molar-refractivity contribution is 1.11. The zero-order valence-corrected chi connectivity index (χ0v) is 11.1. The van der Waals surface area contributed by atoms with Gasteiger partial charge in [0.25, 0.3) is 0 Å². The van der Waals surface area contributed by atoms with Gasteiger partial charge < -0.3 is 5.32 Å². The predicted octanol–water partition coefficient (Wildman–Crippen LogP) is 3.82. The van der Waals surface area contributed by atoms with Crippen LogP contribution in [0.1, 0.15) is 5.56 Å². The Balaban J connectivity index is 1.74. The van der Waals surface area contributed by atoms with E-state index in [0.717, 1.165) is 22.8 Å². The average molecular weight is 267 g/mol. The fraction of sp³-hybridized carbons (Fsp3) is 0.0667. The minimum atomic E-state index is 0.773. The molecule has 0 amide bonds. The smallest absolute Gasteiger partial charge is 0.123 e. The van der Waals surface area contributed by atoms with Crippen molar-refractivity contribution >= 4 is 17.0 Å². The number of anilines is 1. The number of aromatic nitrogens is 2. The molecule has 4 heteroatoms. The van der Waals surface area contributed by atoms with Gasteiger partial charge in [-0.15, -0.1) is 11.3 Å². The van der Waals surface area contributed by atoms with Gasteiger partial charge in [-0.2, -0.15) is 0 Å². The molecule has 0 atom stereocenters. The third kappa shape index (κ3) is 2.98. The van der Waals surface area contributed by atoms with Crippen molar-refractivity contribution < 1.29 is 0 Å². The molecule has 3 nitrogen and oxygen atoms in total. The highest BCUT2D eigenvalue weighted by Crippen LogP contribution is 2.24. The van der Waals surface area contributed by atoms with Crippen LogP contribution in [0, 0.1) is 0 Å². The van der Waals surface area contributed by atoms with E-state index < -0.39 is 0 Å². The molecule has 0 aliphatic rings. The van der Waals surface area contributed by atoms with Gasteiger partial charge in [0, 0.05) is 41.8 Å². The van der Waals surface area contributed by atoms with Crippen LogP contribution in [0.2, 0.25) is 0 Å². The van der Waals surface area contributed by atoms with Crippen LogP contribution in [0.5, 0.6) is 0 Å². The Labute approximate surface area is 116 Å². The Bertz CT molecular complexity index is 636. The summed E-state index contributed by atoms with van der Waals surface area (Å²) in [7, 11) is 0. The Hall–Kier alpha value is -2.20. The van der Waals surface area contributed by atoms with E-state index in [1.807, 2.05) is 29.9 Å². The lowest BCUT2D eigenvalue weighted by Crippen LogP contribution is -1.99.